The van der Waals surface area contributed by atoms with Crippen LogP contribution in [0.5, 0.6) is 0 Å². The van der Waals surface area contributed by atoms with Gasteiger partial charge in [-0.15, -0.1) is 0 Å². The molecule has 2 aromatic carbocycles. The van der Waals surface area contributed by atoms with E-state index in [1.165, 1.54) is 0 Å². The molecule has 1 heterocycles. The number of carbonyl (C=O) groups is 1. The zero-order valence-electron chi connectivity index (χ0n) is 11.9. The third kappa shape index (κ3) is 3.43. The molecule has 5 nitrogen and oxygen atoms in total. The van der Waals surface area contributed by atoms with E-state index in [2.05, 4.69) is 21.2 Å². The Bertz CT molecular complexity index is 905. The van der Waals surface area contributed by atoms with E-state index in [1.807, 2.05) is 30.3 Å². The highest BCUT2D eigenvalue weighted by atomic mass is 79.9. The summed E-state index contributed by atoms with van der Waals surface area (Å²) in [4.78, 5) is 24.1. The normalized spacial score (nSPS) is 10.5. The number of rotatable bonds is 3. The average Bonchev–Trinajstić information content (AvgIpc) is 2.58. The lowest BCUT2D eigenvalue weighted by Crippen LogP contribution is -2.16. The number of ether oxygens (including phenoxy) is 1. The fourth-order valence-corrected chi connectivity index (χ4v) is 2.45. The average molecular weight is 374 g/mol. The molecule has 0 bridgehead atoms. The first kappa shape index (κ1) is 15.3. The lowest BCUT2D eigenvalue weighted by atomic mass is 10.2. The summed E-state index contributed by atoms with van der Waals surface area (Å²) in [5, 5.41) is 2.87. The van der Waals surface area contributed by atoms with Crippen molar-refractivity contribution in [3.05, 3.63) is 74.9 Å². The van der Waals surface area contributed by atoms with Crippen molar-refractivity contribution in [1.29, 1.82) is 0 Å². The maximum Gasteiger partial charge on any atom is 0.414 e. The molecule has 3 rings (SSSR count). The summed E-state index contributed by atoms with van der Waals surface area (Å²) in [6.07, 6.45) is -0.701. The third-order valence-electron chi connectivity index (χ3n) is 3.17. The molecule has 0 aliphatic heterocycles. The summed E-state index contributed by atoms with van der Waals surface area (Å²) in [5.41, 5.74) is 0.992. The smallest absolute Gasteiger partial charge is 0.414 e. The molecule has 0 atom stereocenters. The summed E-state index contributed by atoms with van der Waals surface area (Å²) in [7, 11) is 0. The summed E-state index contributed by atoms with van der Waals surface area (Å²) in [6.45, 7) is 0.127. The molecular weight excluding hydrogens is 362 g/mol. The van der Waals surface area contributed by atoms with E-state index in [4.69, 9.17) is 9.15 Å². The van der Waals surface area contributed by atoms with E-state index in [-0.39, 0.29) is 22.4 Å². The number of hydrogen-bond acceptors (Lipinski definition) is 4. The van der Waals surface area contributed by atoms with Crippen LogP contribution in [0.15, 0.2) is 68.3 Å². The monoisotopic (exact) mass is 373 g/mol. The molecule has 0 fully saturated rings. The second-order valence-corrected chi connectivity index (χ2v) is 5.55. The molecule has 0 unspecified atom stereocenters. The molecule has 1 amide bonds. The molecule has 0 radical (unpaired) electrons. The van der Waals surface area contributed by atoms with Crippen molar-refractivity contribution in [2.45, 2.75) is 6.61 Å². The number of hydrogen-bond donors (Lipinski definition) is 1. The van der Waals surface area contributed by atoms with Gasteiger partial charge in [0.15, 0.2) is 0 Å². The van der Waals surface area contributed by atoms with Crippen LogP contribution in [0.3, 0.4) is 0 Å². The Hall–Kier alpha value is -2.60. The van der Waals surface area contributed by atoms with Crippen molar-refractivity contribution in [3.63, 3.8) is 0 Å². The molecule has 116 valence electrons. The number of carbonyl (C=O) groups excluding carboxylic acids is 1. The Labute approximate surface area is 140 Å². The van der Waals surface area contributed by atoms with Gasteiger partial charge in [-0.25, -0.2) is 4.79 Å². The number of benzene rings is 2. The highest BCUT2D eigenvalue weighted by molar-refractivity contribution is 9.10. The predicted octanol–water partition coefficient (Wildman–Crippen LogP) is 4.30. The van der Waals surface area contributed by atoms with Crippen molar-refractivity contribution >= 4 is 38.9 Å². The SMILES string of the molecule is O=C(Nc1oc2ccccc2c(=O)c1Br)OCc1ccccc1. The maximum absolute atomic E-state index is 12.2. The molecule has 0 saturated heterocycles. The lowest BCUT2D eigenvalue weighted by Gasteiger charge is -2.08. The van der Waals surface area contributed by atoms with Crippen LogP contribution in [0.1, 0.15) is 5.56 Å². The Morgan fingerprint density at radius 1 is 1.09 bits per heavy atom. The largest absolute Gasteiger partial charge is 0.444 e. The van der Waals surface area contributed by atoms with Gasteiger partial charge in [-0.05, 0) is 33.6 Å². The standard InChI is InChI=1S/C17H12BrNO4/c18-14-15(20)12-8-4-5-9-13(12)23-16(14)19-17(21)22-10-11-6-2-1-3-7-11/h1-9H,10H2,(H,19,21). The van der Waals surface area contributed by atoms with Crippen LogP contribution >= 0.6 is 15.9 Å². The van der Waals surface area contributed by atoms with Crippen molar-refractivity contribution in [2.24, 2.45) is 0 Å². The third-order valence-corrected chi connectivity index (χ3v) is 3.89. The Morgan fingerprint density at radius 2 is 1.78 bits per heavy atom. The maximum atomic E-state index is 12.2. The fraction of sp³-hybridized carbons (Fsp3) is 0.0588. The van der Waals surface area contributed by atoms with Gasteiger partial charge in [0.25, 0.3) is 0 Å². The van der Waals surface area contributed by atoms with Crippen LogP contribution in [0, 0.1) is 0 Å². The predicted molar refractivity (Wildman–Crippen MR) is 90.4 cm³/mol. The minimum atomic E-state index is -0.701. The molecule has 3 aromatic rings. The number of amides is 1. The highest BCUT2D eigenvalue weighted by Crippen LogP contribution is 2.24. The first-order valence-electron chi connectivity index (χ1n) is 6.84. The summed E-state index contributed by atoms with van der Waals surface area (Å²) in [5.74, 6) is 0.0201. The van der Waals surface area contributed by atoms with E-state index in [9.17, 15) is 9.59 Å². The van der Waals surface area contributed by atoms with E-state index < -0.39 is 6.09 Å². The summed E-state index contributed by atoms with van der Waals surface area (Å²) >= 11 is 3.15. The Balaban J connectivity index is 1.77. The lowest BCUT2D eigenvalue weighted by molar-refractivity contribution is 0.154. The van der Waals surface area contributed by atoms with Gasteiger partial charge < -0.3 is 9.15 Å². The molecule has 1 N–H and O–H groups in total. The minimum Gasteiger partial charge on any atom is -0.444 e. The first-order valence-corrected chi connectivity index (χ1v) is 7.63. The van der Waals surface area contributed by atoms with Crippen LogP contribution in [-0.2, 0) is 11.3 Å². The van der Waals surface area contributed by atoms with E-state index in [1.54, 1.807) is 24.3 Å². The number of fused-ring (bicyclic) bond motifs is 1. The second kappa shape index (κ2) is 6.66. The van der Waals surface area contributed by atoms with Gasteiger partial charge in [0.05, 0.1) is 5.39 Å². The molecule has 23 heavy (non-hydrogen) atoms. The van der Waals surface area contributed by atoms with Gasteiger partial charge >= 0.3 is 6.09 Å². The number of halogens is 1. The molecular formula is C17H12BrNO4. The van der Waals surface area contributed by atoms with Crippen molar-refractivity contribution < 1.29 is 13.9 Å². The van der Waals surface area contributed by atoms with Crippen LogP contribution in [0.4, 0.5) is 10.7 Å². The van der Waals surface area contributed by atoms with Crippen LogP contribution in [0.25, 0.3) is 11.0 Å². The van der Waals surface area contributed by atoms with Crippen molar-refractivity contribution in [2.75, 3.05) is 5.32 Å². The van der Waals surface area contributed by atoms with Gasteiger partial charge in [-0.2, -0.15) is 0 Å². The van der Waals surface area contributed by atoms with Crippen molar-refractivity contribution in [3.8, 4) is 0 Å². The quantitative estimate of drug-likeness (QED) is 0.742. The molecule has 0 saturated carbocycles. The molecule has 0 spiro atoms. The summed E-state index contributed by atoms with van der Waals surface area (Å²) in [6, 6.07) is 16.1. The van der Waals surface area contributed by atoms with Gasteiger partial charge in [-0.1, -0.05) is 42.5 Å². The second-order valence-electron chi connectivity index (χ2n) is 4.76. The zero-order valence-corrected chi connectivity index (χ0v) is 13.5. The number of anilines is 1. The number of nitrogens with one attached hydrogen (secondary N) is 1. The highest BCUT2D eigenvalue weighted by Gasteiger charge is 2.15. The fourth-order valence-electron chi connectivity index (χ4n) is 2.05. The van der Waals surface area contributed by atoms with Gasteiger partial charge in [0, 0.05) is 0 Å². The Morgan fingerprint density at radius 3 is 2.57 bits per heavy atom. The molecule has 1 aromatic heterocycles. The van der Waals surface area contributed by atoms with Crippen LogP contribution in [-0.4, -0.2) is 6.09 Å². The zero-order chi connectivity index (χ0) is 16.2. The summed E-state index contributed by atoms with van der Waals surface area (Å²) < 4.78 is 10.8. The van der Waals surface area contributed by atoms with Crippen molar-refractivity contribution in [1.82, 2.24) is 0 Å². The van der Waals surface area contributed by atoms with Gasteiger partial charge in [0.2, 0.25) is 11.3 Å². The molecule has 0 aliphatic carbocycles. The van der Waals surface area contributed by atoms with Crippen LogP contribution < -0.4 is 10.7 Å². The molecule has 0 aliphatic rings. The topological polar surface area (TPSA) is 68.5 Å². The van der Waals surface area contributed by atoms with E-state index >= 15 is 0 Å². The minimum absolute atomic E-state index is 0.0201. The molecule has 6 heteroatoms. The Kier molecular flexibility index (Phi) is 4.43. The van der Waals surface area contributed by atoms with E-state index in [0.717, 1.165) is 5.56 Å². The first-order chi connectivity index (χ1) is 11.1. The van der Waals surface area contributed by atoms with Gasteiger partial charge in [0.1, 0.15) is 16.7 Å². The number of para-hydroxylation sites is 1. The van der Waals surface area contributed by atoms with Crippen LogP contribution in [0.2, 0.25) is 0 Å². The van der Waals surface area contributed by atoms with E-state index in [0.29, 0.717) is 11.0 Å². The van der Waals surface area contributed by atoms with Gasteiger partial charge in [-0.3, -0.25) is 10.1 Å².